The predicted molar refractivity (Wildman–Crippen MR) is 78.3 cm³/mol. The molecule has 1 amide bonds. The van der Waals surface area contributed by atoms with Crippen molar-refractivity contribution in [2.45, 2.75) is 32.7 Å². The van der Waals surface area contributed by atoms with Crippen LogP contribution in [0.1, 0.15) is 24.6 Å². The maximum Gasteiger partial charge on any atom is 0.246 e. The van der Waals surface area contributed by atoms with Crippen LogP contribution in [0.4, 0.5) is 27.6 Å². The molecule has 1 aromatic carbocycles. The number of aryl methyl sites for hydroxylation is 1. The number of amides is 1. The van der Waals surface area contributed by atoms with Crippen molar-refractivity contribution in [3.05, 3.63) is 46.5 Å². The number of fused-ring (bicyclic) bond motifs is 1. The molecule has 1 aliphatic carbocycles. The first-order valence-corrected chi connectivity index (χ1v) is 7.64. The molecule has 0 radical (unpaired) electrons. The minimum Gasteiger partial charge on any atom is -0.319 e. The minimum absolute atomic E-state index is 0.402. The third kappa shape index (κ3) is 3.22. The second-order valence-corrected chi connectivity index (χ2v) is 6.14. The molecule has 4 nitrogen and oxygen atoms in total. The SMILES string of the molecule is C[C@@H]1CCc2nn(CC(=O)Nc3c(F)c(F)c(F)c(F)c3F)cc2C1. The molecular formula is C16H14F5N3O. The topological polar surface area (TPSA) is 46.9 Å². The van der Waals surface area contributed by atoms with Gasteiger partial charge in [-0.3, -0.25) is 9.48 Å². The van der Waals surface area contributed by atoms with Gasteiger partial charge in [0.15, 0.2) is 23.3 Å². The molecule has 0 saturated carbocycles. The van der Waals surface area contributed by atoms with Crippen LogP contribution in [0.15, 0.2) is 6.20 Å². The molecule has 2 aromatic rings. The summed E-state index contributed by atoms with van der Waals surface area (Å²) >= 11 is 0. The van der Waals surface area contributed by atoms with E-state index in [0.717, 1.165) is 30.5 Å². The molecule has 1 atom stereocenters. The predicted octanol–water partition coefficient (Wildman–Crippen LogP) is 3.34. The number of anilines is 1. The van der Waals surface area contributed by atoms with E-state index in [1.165, 1.54) is 4.68 Å². The zero-order chi connectivity index (χ0) is 18.3. The molecule has 3 rings (SSSR count). The highest BCUT2D eigenvalue weighted by Gasteiger charge is 2.27. The Morgan fingerprint density at radius 1 is 1.16 bits per heavy atom. The molecule has 9 heteroatoms. The number of halogens is 5. The van der Waals surface area contributed by atoms with E-state index in [0.29, 0.717) is 5.92 Å². The molecule has 1 heterocycles. The number of rotatable bonds is 3. The van der Waals surface area contributed by atoms with E-state index in [1.54, 1.807) is 11.5 Å². The van der Waals surface area contributed by atoms with Crippen LogP contribution in [0.3, 0.4) is 0 Å². The van der Waals surface area contributed by atoms with Crippen molar-refractivity contribution in [1.82, 2.24) is 9.78 Å². The summed E-state index contributed by atoms with van der Waals surface area (Å²) in [6.45, 7) is 1.69. The fourth-order valence-electron chi connectivity index (χ4n) is 2.87. The fraction of sp³-hybridized carbons (Fsp3) is 0.375. The Balaban J connectivity index is 1.78. The minimum atomic E-state index is -2.28. The Hall–Kier alpha value is -2.45. The Morgan fingerprint density at radius 3 is 2.40 bits per heavy atom. The van der Waals surface area contributed by atoms with Gasteiger partial charge < -0.3 is 5.32 Å². The normalized spacial score (nSPS) is 16.6. The summed E-state index contributed by atoms with van der Waals surface area (Å²) in [4.78, 5) is 11.9. The second-order valence-electron chi connectivity index (χ2n) is 6.14. The molecule has 134 valence electrons. The lowest BCUT2D eigenvalue weighted by atomic mass is 9.89. The van der Waals surface area contributed by atoms with Crippen LogP contribution in [0.5, 0.6) is 0 Å². The van der Waals surface area contributed by atoms with Crippen LogP contribution in [-0.2, 0) is 24.2 Å². The molecule has 1 aromatic heterocycles. The Labute approximate surface area is 139 Å². The van der Waals surface area contributed by atoms with Crippen molar-refractivity contribution < 1.29 is 26.7 Å². The molecule has 1 N–H and O–H groups in total. The van der Waals surface area contributed by atoms with Crippen molar-refractivity contribution in [3.63, 3.8) is 0 Å². The van der Waals surface area contributed by atoms with Crippen molar-refractivity contribution in [3.8, 4) is 0 Å². The molecular weight excluding hydrogens is 345 g/mol. The van der Waals surface area contributed by atoms with Gasteiger partial charge in [-0.25, -0.2) is 22.0 Å². The summed E-state index contributed by atoms with van der Waals surface area (Å²) in [5.41, 5.74) is 0.469. The summed E-state index contributed by atoms with van der Waals surface area (Å²) < 4.78 is 67.7. The van der Waals surface area contributed by atoms with E-state index in [-0.39, 0.29) is 0 Å². The summed E-state index contributed by atoms with van der Waals surface area (Å²) in [6.07, 6.45) is 4.21. The van der Waals surface area contributed by atoms with Crippen LogP contribution in [-0.4, -0.2) is 15.7 Å². The van der Waals surface area contributed by atoms with Gasteiger partial charge in [-0.1, -0.05) is 6.92 Å². The zero-order valence-electron chi connectivity index (χ0n) is 13.2. The Kier molecular flexibility index (Phi) is 4.49. The number of carbonyl (C=O) groups is 1. The van der Waals surface area contributed by atoms with Crippen molar-refractivity contribution in [2.24, 2.45) is 5.92 Å². The Morgan fingerprint density at radius 2 is 1.76 bits per heavy atom. The molecule has 0 unspecified atom stereocenters. The third-order valence-corrected chi connectivity index (χ3v) is 4.15. The summed E-state index contributed by atoms with van der Waals surface area (Å²) in [5, 5.41) is 5.95. The lowest BCUT2D eigenvalue weighted by Gasteiger charge is -2.15. The highest BCUT2D eigenvalue weighted by molar-refractivity contribution is 5.90. The molecule has 1 aliphatic rings. The standard InChI is InChI=1S/C16H14F5N3O/c1-7-2-3-9-8(4-7)5-24(23-9)6-10(25)22-16-14(20)12(18)11(17)13(19)15(16)21/h5,7H,2-4,6H2,1H3,(H,22,25)/t7-/m1/s1. The number of aromatic nitrogens is 2. The summed E-state index contributed by atoms with van der Waals surface area (Å²) in [5.74, 6) is -11.1. The quantitative estimate of drug-likeness (QED) is 0.519. The summed E-state index contributed by atoms with van der Waals surface area (Å²) in [6, 6.07) is 0. The van der Waals surface area contributed by atoms with E-state index < -0.39 is 47.2 Å². The fourth-order valence-corrected chi connectivity index (χ4v) is 2.87. The zero-order valence-corrected chi connectivity index (χ0v) is 13.2. The summed E-state index contributed by atoms with van der Waals surface area (Å²) in [7, 11) is 0. The lowest BCUT2D eigenvalue weighted by molar-refractivity contribution is -0.117. The first kappa shape index (κ1) is 17.4. The van der Waals surface area contributed by atoms with E-state index >= 15 is 0 Å². The maximum atomic E-state index is 13.6. The third-order valence-electron chi connectivity index (χ3n) is 4.15. The number of nitrogens with one attached hydrogen (secondary N) is 1. The Bertz CT molecular complexity index is 820. The number of hydrogen-bond donors (Lipinski definition) is 1. The molecule has 0 bridgehead atoms. The average Bonchev–Trinajstić information content (AvgIpc) is 2.96. The number of nitrogens with zero attached hydrogens (tertiary/aromatic N) is 2. The smallest absolute Gasteiger partial charge is 0.246 e. The number of carbonyl (C=O) groups excluding carboxylic acids is 1. The molecule has 0 fully saturated rings. The van der Waals surface area contributed by atoms with Crippen molar-refractivity contribution in [1.29, 1.82) is 0 Å². The van der Waals surface area contributed by atoms with Gasteiger partial charge in [-0.2, -0.15) is 5.10 Å². The van der Waals surface area contributed by atoms with E-state index in [4.69, 9.17) is 0 Å². The van der Waals surface area contributed by atoms with Gasteiger partial charge in [0.1, 0.15) is 12.2 Å². The van der Waals surface area contributed by atoms with E-state index in [2.05, 4.69) is 12.0 Å². The van der Waals surface area contributed by atoms with Crippen LogP contribution in [0, 0.1) is 35.0 Å². The van der Waals surface area contributed by atoms with E-state index in [1.807, 2.05) is 0 Å². The first-order valence-electron chi connectivity index (χ1n) is 7.64. The van der Waals surface area contributed by atoms with Gasteiger partial charge in [-0.15, -0.1) is 0 Å². The van der Waals surface area contributed by atoms with Gasteiger partial charge in [-0.05, 0) is 30.7 Å². The number of hydrogen-bond acceptors (Lipinski definition) is 2. The van der Waals surface area contributed by atoms with Crippen molar-refractivity contribution in [2.75, 3.05) is 5.32 Å². The molecule has 0 spiro atoms. The van der Waals surface area contributed by atoms with E-state index in [9.17, 15) is 26.7 Å². The molecule has 25 heavy (non-hydrogen) atoms. The van der Waals surface area contributed by atoms with Gasteiger partial charge in [0.05, 0.1) is 5.69 Å². The van der Waals surface area contributed by atoms with Crippen molar-refractivity contribution >= 4 is 11.6 Å². The maximum absolute atomic E-state index is 13.6. The van der Waals surface area contributed by atoms with Crippen LogP contribution >= 0.6 is 0 Å². The molecule has 0 aliphatic heterocycles. The van der Waals surface area contributed by atoms with Crippen LogP contribution < -0.4 is 5.32 Å². The highest BCUT2D eigenvalue weighted by Crippen LogP contribution is 2.27. The van der Waals surface area contributed by atoms with Crippen LogP contribution in [0.2, 0.25) is 0 Å². The van der Waals surface area contributed by atoms with Gasteiger partial charge in [0.25, 0.3) is 0 Å². The van der Waals surface area contributed by atoms with Gasteiger partial charge in [0.2, 0.25) is 11.7 Å². The largest absolute Gasteiger partial charge is 0.319 e. The van der Waals surface area contributed by atoms with Gasteiger partial charge >= 0.3 is 0 Å². The number of benzene rings is 1. The average molecular weight is 359 g/mol. The van der Waals surface area contributed by atoms with Crippen LogP contribution in [0.25, 0.3) is 0 Å². The molecule has 0 saturated heterocycles. The lowest BCUT2D eigenvalue weighted by Crippen LogP contribution is -2.22. The first-order chi connectivity index (χ1) is 11.8. The highest BCUT2D eigenvalue weighted by atomic mass is 19.2. The van der Waals surface area contributed by atoms with Gasteiger partial charge in [0, 0.05) is 6.20 Å². The monoisotopic (exact) mass is 359 g/mol. The second kappa shape index (κ2) is 6.45.